The Morgan fingerprint density at radius 1 is 1.26 bits per heavy atom. The Labute approximate surface area is 135 Å². The number of thiazole rings is 1. The smallest absolute Gasteiger partial charge is 0.235 e. The van der Waals surface area contributed by atoms with E-state index in [2.05, 4.69) is 10.1 Å². The van der Waals surface area contributed by atoms with Crippen LogP contribution in [0.1, 0.15) is 16.5 Å². The van der Waals surface area contributed by atoms with Gasteiger partial charge in [-0.1, -0.05) is 11.3 Å². The molecule has 1 saturated heterocycles. The number of hydrogen-bond acceptors (Lipinski definition) is 5. The van der Waals surface area contributed by atoms with Crippen molar-refractivity contribution < 1.29 is 19.1 Å². The lowest BCUT2D eigenvalue weighted by Gasteiger charge is -2.31. The molecule has 23 heavy (non-hydrogen) atoms. The molecule has 0 aliphatic carbocycles. The van der Waals surface area contributed by atoms with Crippen molar-refractivity contribution in [2.24, 2.45) is 0 Å². The van der Waals surface area contributed by atoms with Crippen LogP contribution in [0.4, 0.5) is 4.39 Å². The van der Waals surface area contributed by atoms with Gasteiger partial charge in [0.25, 0.3) is 0 Å². The predicted molar refractivity (Wildman–Crippen MR) is 82.3 cm³/mol. The van der Waals surface area contributed by atoms with Crippen molar-refractivity contribution in [1.29, 1.82) is 0 Å². The minimum absolute atomic E-state index is 0.0898. The van der Waals surface area contributed by atoms with Gasteiger partial charge < -0.3 is 14.7 Å². The Morgan fingerprint density at radius 2 is 2.00 bits per heavy atom. The summed E-state index contributed by atoms with van der Waals surface area (Å²) in [5, 5.41) is 14.6. The Balaban J connectivity index is 1.81. The fraction of sp³-hybridized carbons (Fsp3) is 0.333. The standard InChI is InChI=1S/C15H15FN4O2S/c16-11-3-1-10(2-4-11)12(19-5-7-22-8-6-19)13-14(21)20-15(23-13)17-9-18-20/h1-4,9,12,21H,5-8H2/p+1/t12-/m1/s1. The summed E-state index contributed by atoms with van der Waals surface area (Å²) in [4.78, 5) is 6.88. The fourth-order valence-electron chi connectivity index (χ4n) is 3.03. The molecule has 2 N–H and O–H groups in total. The maximum Gasteiger partial charge on any atom is 0.235 e. The molecular weight excluding hydrogens is 319 g/mol. The van der Waals surface area contributed by atoms with Crippen molar-refractivity contribution in [3.8, 4) is 5.88 Å². The number of morpholine rings is 1. The summed E-state index contributed by atoms with van der Waals surface area (Å²) >= 11 is 1.42. The summed E-state index contributed by atoms with van der Waals surface area (Å²) in [5.74, 6) is -0.160. The number of quaternary nitrogens is 1. The first-order valence-corrected chi connectivity index (χ1v) is 8.25. The van der Waals surface area contributed by atoms with E-state index in [0.29, 0.717) is 18.2 Å². The molecule has 3 heterocycles. The lowest BCUT2D eigenvalue weighted by atomic mass is 10.0. The minimum atomic E-state index is -0.267. The molecule has 1 aliphatic heterocycles. The van der Waals surface area contributed by atoms with Gasteiger partial charge in [0.1, 0.15) is 30.1 Å². The Hall–Kier alpha value is -2.03. The second-order valence-electron chi connectivity index (χ2n) is 5.50. The monoisotopic (exact) mass is 335 g/mol. The number of rotatable bonds is 3. The quantitative estimate of drug-likeness (QED) is 0.737. The fourth-order valence-corrected chi connectivity index (χ4v) is 4.15. The van der Waals surface area contributed by atoms with Crippen LogP contribution in [0.3, 0.4) is 0 Å². The van der Waals surface area contributed by atoms with Crippen LogP contribution in [0.2, 0.25) is 0 Å². The number of benzene rings is 1. The van der Waals surface area contributed by atoms with Gasteiger partial charge in [0.2, 0.25) is 10.8 Å². The molecule has 2 aromatic heterocycles. The molecule has 1 atom stereocenters. The van der Waals surface area contributed by atoms with E-state index in [1.165, 1.54) is 39.2 Å². The van der Waals surface area contributed by atoms with Crippen LogP contribution in [-0.4, -0.2) is 46.0 Å². The van der Waals surface area contributed by atoms with Crippen LogP contribution in [-0.2, 0) is 4.74 Å². The SMILES string of the molecule is Oc1c([C@@H](c2ccc(F)cc2)[NH+]2CCOCC2)sc2ncnn12. The zero-order valence-electron chi connectivity index (χ0n) is 12.3. The molecule has 1 aliphatic rings. The normalized spacial score (nSPS) is 17.6. The van der Waals surface area contributed by atoms with Crippen molar-refractivity contribution in [3.05, 3.63) is 46.9 Å². The van der Waals surface area contributed by atoms with Gasteiger partial charge >= 0.3 is 0 Å². The third-order valence-corrected chi connectivity index (χ3v) is 5.25. The van der Waals surface area contributed by atoms with Gasteiger partial charge in [-0.05, 0) is 24.3 Å². The number of halogens is 1. The highest BCUT2D eigenvalue weighted by atomic mass is 32.1. The molecule has 1 fully saturated rings. The lowest BCUT2D eigenvalue weighted by Crippen LogP contribution is -3.14. The van der Waals surface area contributed by atoms with Crippen molar-refractivity contribution in [3.63, 3.8) is 0 Å². The van der Waals surface area contributed by atoms with Crippen LogP contribution >= 0.6 is 11.3 Å². The molecule has 1 aromatic carbocycles. The van der Waals surface area contributed by atoms with E-state index in [9.17, 15) is 9.50 Å². The Kier molecular flexibility index (Phi) is 3.72. The van der Waals surface area contributed by atoms with Gasteiger partial charge in [-0.3, -0.25) is 0 Å². The van der Waals surface area contributed by atoms with E-state index in [1.807, 2.05) is 0 Å². The molecule has 4 rings (SSSR count). The van der Waals surface area contributed by atoms with Crippen LogP contribution in [0.15, 0.2) is 30.6 Å². The molecule has 0 unspecified atom stereocenters. The summed E-state index contributed by atoms with van der Waals surface area (Å²) < 4.78 is 20.2. The van der Waals surface area contributed by atoms with E-state index in [4.69, 9.17) is 4.74 Å². The summed E-state index contributed by atoms with van der Waals surface area (Å²) in [6.07, 6.45) is 1.42. The average molecular weight is 335 g/mol. The highest BCUT2D eigenvalue weighted by Gasteiger charge is 2.33. The van der Waals surface area contributed by atoms with Crippen LogP contribution in [0.5, 0.6) is 5.88 Å². The number of fused-ring (bicyclic) bond motifs is 1. The third kappa shape index (κ3) is 2.58. The molecule has 0 bridgehead atoms. The highest BCUT2D eigenvalue weighted by molar-refractivity contribution is 7.17. The number of ether oxygens (including phenoxy) is 1. The summed E-state index contributed by atoms with van der Waals surface area (Å²) in [6, 6.07) is 6.37. The van der Waals surface area contributed by atoms with Crippen molar-refractivity contribution in [2.75, 3.05) is 26.3 Å². The maximum absolute atomic E-state index is 13.3. The first-order valence-electron chi connectivity index (χ1n) is 7.43. The van der Waals surface area contributed by atoms with Crippen molar-refractivity contribution in [1.82, 2.24) is 14.6 Å². The molecule has 0 amide bonds. The van der Waals surface area contributed by atoms with Crippen molar-refractivity contribution >= 4 is 16.3 Å². The zero-order valence-corrected chi connectivity index (χ0v) is 13.1. The molecule has 0 radical (unpaired) electrons. The number of aromatic nitrogens is 3. The van der Waals surface area contributed by atoms with Crippen LogP contribution < -0.4 is 4.90 Å². The van der Waals surface area contributed by atoms with Gasteiger partial charge in [0.15, 0.2) is 6.04 Å². The summed E-state index contributed by atoms with van der Waals surface area (Å²) in [5.41, 5.74) is 0.961. The summed E-state index contributed by atoms with van der Waals surface area (Å²) in [7, 11) is 0. The van der Waals surface area contributed by atoms with E-state index in [1.54, 1.807) is 12.1 Å². The minimum Gasteiger partial charge on any atom is -0.492 e. The summed E-state index contributed by atoms with van der Waals surface area (Å²) in [6.45, 7) is 3.01. The number of hydrogen-bond donors (Lipinski definition) is 2. The van der Waals surface area contributed by atoms with Crippen molar-refractivity contribution in [2.45, 2.75) is 6.04 Å². The molecule has 0 saturated carbocycles. The predicted octanol–water partition coefficient (Wildman–Crippen LogP) is 0.640. The van der Waals surface area contributed by atoms with E-state index < -0.39 is 0 Å². The topological polar surface area (TPSA) is 64.1 Å². The Bertz CT molecular complexity index is 811. The number of aromatic hydroxyl groups is 1. The van der Waals surface area contributed by atoms with Gasteiger partial charge in [-0.15, -0.1) is 0 Å². The van der Waals surface area contributed by atoms with Gasteiger partial charge in [-0.25, -0.2) is 9.37 Å². The van der Waals surface area contributed by atoms with E-state index >= 15 is 0 Å². The van der Waals surface area contributed by atoms with E-state index in [0.717, 1.165) is 23.5 Å². The first-order chi connectivity index (χ1) is 11.2. The second-order valence-corrected chi connectivity index (χ2v) is 6.51. The second kappa shape index (κ2) is 5.88. The first kappa shape index (κ1) is 14.6. The average Bonchev–Trinajstić information content (AvgIpc) is 3.15. The van der Waals surface area contributed by atoms with Gasteiger partial charge in [0.05, 0.1) is 13.2 Å². The largest absolute Gasteiger partial charge is 0.492 e. The van der Waals surface area contributed by atoms with Gasteiger partial charge in [-0.2, -0.15) is 9.61 Å². The Morgan fingerprint density at radius 3 is 2.70 bits per heavy atom. The molecule has 3 aromatic rings. The number of nitrogens with zero attached hydrogens (tertiary/aromatic N) is 3. The lowest BCUT2D eigenvalue weighted by molar-refractivity contribution is -0.932. The highest BCUT2D eigenvalue weighted by Crippen LogP contribution is 2.34. The third-order valence-electron chi connectivity index (χ3n) is 4.15. The zero-order chi connectivity index (χ0) is 15.8. The van der Waals surface area contributed by atoms with Crippen LogP contribution in [0, 0.1) is 5.82 Å². The number of nitrogens with one attached hydrogen (secondary N) is 1. The van der Waals surface area contributed by atoms with Crippen LogP contribution in [0.25, 0.3) is 4.96 Å². The molecular formula is C15H16FN4O2S+. The molecule has 120 valence electrons. The van der Waals surface area contributed by atoms with E-state index in [-0.39, 0.29) is 17.7 Å². The molecule has 0 spiro atoms. The molecule has 8 heteroatoms. The molecule has 6 nitrogen and oxygen atoms in total. The van der Waals surface area contributed by atoms with Gasteiger partial charge in [0, 0.05) is 5.56 Å². The maximum atomic E-state index is 13.3.